The molecule has 0 saturated carbocycles. The Hall–Kier alpha value is -0.470. The van der Waals surface area contributed by atoms with Crippen molar-refractivity contribution in [3.63, 3.8) is 0 Å². The molecular weight excluding hydrogens is 202 g/mol. The zero-order chi connectivity index (χ0) is 10.3. The standard InChI is InChI=1S/C13H19NS/c1-2-5-12(6-3-1)10-15-11-13-7-4-8-14-9-13/h1-3,5-6,13-14H,4,7-11H2/t13-/m1/s1. The van der Waals surface area contributed by atoms with Gasteiger partial charge in [-0.2, -0.15) is 11.8 Å². The molecule has 1 N–H and O–H groups in total. The Morgan fingerprint density at radius 3 is 2.87 bits per heavy atom. The van der Waals surface area contributed by atoms with E-state index < -0.39 is 0 Å². The first-order valence-electron chi connectivity index (χ1n) is 5.77. The summed E-state index contributed by atoms with van der Waals surface area (Å²) in [6.07, 6.45) is 2.77. The lowest BCUT2D eigenvalue weighted by molar-refractivity contribution is 0.410. The third kappa shape index (κ3) is 3.88. The topological polar surface area (TPSA) is 12.0 Å². The molecule has 0 spiro atoms. The maximum atomic E-state index is 3.47. The van der Waals surface area contributed by atoms with E-state index in [4.69, 9.17) is 0 Å². The van der Waals surface area contributed by atoms with E-state index in [1.807, 2.05) is 0 Å². The Balaban J connectivity index is 1.66. The molecule has 1 fully saturated rings. The van der Waals surface area contributed by atoms with Crippen molar-refractivity contribution in [3.8, 4) is 0 Å². The molecule has 2 rings (SSSR count). The molecule has 0 amide bonds. The lowest BCUT2D eigenvalue weighted by atomic mass is 10.0. The van der Waals surface area contributed by atoms with Crippen LogP contribution in [0.5, 0.6) is 0 Å². The van der Waals surface area contributed by atoms with Gasteiger partial charge in [-0.1, -0.05) is 30.3 Å². The van der Waals surface area contributed by atoms with Crippen LogP contribution in [0.25, 0.3) is 0 Å². The van der Waals surface area contributed by atoms with Crippen molar-refractivity contribution in [2.75, 3.05) is 18.8 Å². The highest BCUT2D eigenvalue weighted by atomic mass is 32.2. The maximum Gasteiger partial charge on any atom is 0.0184 e. The normalized spacial score (nSPS) is 21.5. The van der Waals surface area contributed by atoms with Gasteiger partial charge in [0.2, 0.25) is 0 Å². The number of hydrogen-bond acceptors (Lipinski definition) is 2. The van der Waals surface area contributed by atoms with Gasteiger partial charge in [-0.3, -0.25) is 0 Å². The number of nitrogens with one attached hydrogen (secondary N) is 1. The minimum Gasteiger partial charge on any atom is -0.316 e. The molecule has 0 unspecified atom stereocenters. The molecule has 15 heavy (non-hydrogen) atoms. The third-order valence-electron chi connectivity index (χ3n) is 2.86. The van der Waals surface area contributed by atoms with Crippen molar-refractivity contribution < 1.29 is 0 Å². The van der Waals surface area contributed by atoms with Gasteiger partial charge in [0.25, 0.3) is 0 Å². The Bertz CT molecular complexity index is 267. The molecule has 1 saturated heterocycles. The third-order valence-corrected chi connectivity index (χ3v) is 4.11. The van der Waals surface area contributed by atoms with Crippen LogP contribution in [-0.2, 0) is 5.75 Å². The highest BCUT2D eigenvalue weighted by Crippen LogP contribution is 2.19. The summed E-state index contributed by atoms with van der Waals surface area (Å²) in [5.41, 5.74) is 1.45. The summed E-state index contributed by atoms with van der Waals surface area (Å²) in [4.78, 5) is 0. The number of hydrogen-bond donors (Lipinski definition) is 1. The number of benzene rings is 1. The van der Waals surface area contributed by atoms with Crippen LogP contribution in [0, 0.1) is 5.92 Å². The molecule has 1 nitrogen and oxygen atoms in total. The first-order valence-corrected chi connectivity index (χ1v) is 6.93. The van der Waals surface area contributed by atoms with Crippen molar-refractivity contribution in [3.05, 3.63) is 35.9 Å². The Morgan fingerprint density at radius 1 is 1.27 bits per heavy atom. The molecule has 1 aliphatic heterocycles. The molecule has 0 aliphatic carbocycles. The molecule has 1 aromatic rings. The molecule has 1 aromatic carbocycles. The molecule has 0 bridgehead atoms. The second-order valence-electron chi connectivity index (χ2n) is 4.21. The molecule has 0 radical (unpaired) electrons. The average molecular weight is 221 g/mol. The Morgan fingerprint density at radius 2 is 2.13 bits per heavy atom. The summed E-state index contributed by atoms with van der Waals surface area (Å²) in [7, 11) is 0. The van der Waals surface area contributed by atoms with E-state index in [9.17, 15) is 0 Å². The van der Waals surface area contributed by atoms with E-state index in [2.05, 4.69) is 47.4 Å². The first-order chi connectivity index (χ1) is 7.45. The largest absolute Gasteiger partial charge is 0.316 e. The van der Waals surface area contributed by atoms with Gasteiger partial charge in [0.05, 0.1) is 0 Å². The van der Waals surface area contributed by atoms with Crippen molar-refractivity contribution in [2.45, 2.75) is 18.6 Å². The van der Waals surface area contributed by atoms with Crippen LogP contribution in [0.15, 0.2) is 30.3 Å². The zero-order valence-corrected chi connectivity index (χ0v) is 9.93. The van der Waals surface area contributed by atoms with Gasteiger partial charge in [0, 0.05) is 5.75 Å². The van der Waals surface area contributed by atoms with E-state index in [0.717, 1.165) is 11.7 Å². The molecule has 1 heterocycles. The van der Waals surface area contributed by atoms with Crippen LogP contribution < -0.4 is 5.32 Å². The van der Waals surface area contributed by atoms with E-state index in [0.29, 0.717) is 0 Å². The lowest BCUT2D eigenvalue weighted by Crippen LogP contribution is -2.30. The maximum absolute atomic E-state index is 3.47. The fourth-order valence-electron chi connectivity index (χ4n) is 1.98. The number of piperidine rings is 1. The monoisotopic (exact) mass is 221 g/mol. The highest BCUT2D eigenvalue weighted by molar-refractivity contribution is 7.98. The summed E-state index contributed by atoms with van der Waals surface area (Å²) >= 11 is 2.07. The quantitative estimate of drug-likeness (QED) is 0.839. The zero-order valence-electron chi connectivity index (χ0n) is 9.11. The van der Waals surface area contributed by atoms with E-state index >= 15 is 0 Å². The van der Waals surface area contributed by atoms with Gasteiger partial charge in [0.1, 0.15) is 0 Å². The summed E-state index contributed by atoms with van der Waals surface area (Å²) in [5.74, 6) is 3.37. The lowest BCUT2D eigenvalue weighted by Gasteiger charge is -2.22. The second kappa shape index (κ2) is 6.19. The van der Waals surface area contributed by atoms with Gasteiger partial charge < -0.3 is 5.32 Å². The van der Waals surface area contributed by atoms with Crippen LogP contribution in [0.2, 0.25) is 0 Å². The van der Waals surface area contributed by atoms with E-state index in [1.54, 1.807) is 0 Å². The van der Waals surface area contributed by atoms with Gasteiger partial charge in [-0.25, -0.2) is 0 Å². The van der Waals surface area contributed by atoms with Gasteiger partial charge in [-0.05, 0) is 43.2 Å². The van der Waals surface area contributed by atoms with E-state index in [1.165, 1.54) is 37.2 Å². The summed E-state index contributed by atoms with van der Waals surface area (Å²) in [6.45, 7) is 2.45. The highest BCUT2D eigenvalue weighted by Gasteiger charge is 2.12. The summed E-state index contributed by atoms with van der Waals surface area (Å²) in [6, 6.07) is 10.8. The fraction of sp³-hybridized carbons (Fsp3) is 0.538. The number of thioether (sulfide) groups is 1. The van der Waals surface area contributed by atoms with Gasteiger partial charge >= 0.3 is 0 Å². The summed E-state index contributed by atoms with van der Waals surface area (Å²) in [5, 5.41) is 3.47. The SMILES string of the molecule is c1ccc(CSC[C@@H]2CCCNC2)cc1. The smallest absolute Gasteiger partial charge is 0.0184 e. The van der Waals surface area contributed by atoms with E-state index in [-0.39, 0.29) is 0 Å². The van der Waals surface area contributed by atoms with Crippen molar-refractivity contribution in [1.29, 1.82) is 0 Å². The molecule has 2 heteroatoms. The first kappa shape index (κ1) is 11.0. The van der Waals surface area contributed by atoms with Crippen LogP contribution in [-0.4, -0.2) is 18.8 Å². The molecule has 82 valence electrons. The molecule has 1 aliphatic rings. The Labute approximate surface area is 96.7 Å². The molecular formula is C13H19NS. The van der Waals surface area contributed by atoms with Crippen molar-refractivity contribution in [2.24, 2.45) is 5.92 Å². The molecule has 0 aromatic heterocycles. The van der Waals surface area contributed by atoms with Crippen LogP contribution in [0.1, 0.15) is 18.4 Å². The molecule has 1 atom stereocenters. The minimum atomic E-state index is 0.896. The average Bonchev–Trinajstić information content (AvgIpc) is 2.32. The van der Waals surface area contributed by atoms with Gasteiger partial charge in [-0.15, -0.1) is 0 Å². The Kier molecular flexibility index (Phi) is 4.55. The van der Waals surface area contributed by atoms with Crippen LogP contribution in [0.4, 0.5) is 0 Å². The fourth-order valence-corrected chi connectivity index (χ4v) is 3.15. The van der Waals surface area contributed by atoms with Crippen LogP contribution in [0.3, 0.4) is 0 Å². The number of rotatable bonds is 4. The minimum absolute atomic E-state index is 0.896. The van der Waals surface area contributed by atoms with Gasteiger partial charge in [0.15, 0.2) is 0 Å². The van der Waals surface area contributed by atoms with Crippen molar-refractivity contribution in [1.82, 2.24) is 5.32 Å². The van der Waals surface area contributed by atoms with Crippen LogP contribution >= 0.6 is 11.8 Å². The summed E-state index contributed by atoms with van der Waals surface area (Å²) < 4.78 is 0. The predicted octanol–water partition coefficient (Wildman–Crippen LogP) is 2.92. The van der Waals surface area contributed by atoms with Crippen molar-refractivity contribution >= 4 is 11.8 Å². The second-order valence-corrected chi connectivity index (χ2v) is 5.24. The predicted molar refractivity (Wildman–Crippen MR) is 68.2 cm³/mol.